The van der Waals surface area contributed by atoms with Crippen molar-refractivity contribution in [3.8, 4) is 0 Å². The predicted molar refractivity (Wildman–Crippen MR) is 74.9 cm³/mol. The Morgan fingerprint density at radius 2 is 2.25 bits per heavy atom. The first kappa shape index (κ1) is 15.3. The molecule has 0 spiro atoms. The van der Waals surface area contributed by atoms with Gasteiger partial charge in [0.25, 0.3) is 0 Å². The molecule has 3 unspecified atom stereocenters. The molecule has 0 aromatic carbocycles. The lowest BCUT2D eigenvalue weighted by atomic mass is 9.54. The van der Waals surface area contributed by atoms with Crippen molar-refractivity contribution < 1.29 is 14.3 Å². The van der Waals surface area contributed by atoms with E-state index in [9.17, 15) is 9.59 Å². The third kappa shape index (κ3) is 2.42. The number of carbonyl (C=O) groups is 2. The summed E-state index contributed by atoms with van der Waals surface area (Å²) >= 11 is 0. The highest BCUT2D eigenvalue weighted by Gasteiger charge is 2.63. The lowest BCUT2D eigenvalue weighted by Crippen LogP contribution is -2.76. The Balaban J connectivity index is 1.94. The molecule has 6 nitrogen and oxygen atoms in total. The quantitative estimate of drug-likeness (QED) is 0.672. The number of nitrogens with one attached hydrogen (secondary N) is 2. The summed E-state index contributed by atoms with van der Waals surface area (Å²) in [6, 6.07) is -0.0254. The molecular formula is C14H25N3O3. The monoisotopic (exact) mass is 283 g/mol. The van der Waals surface area contributed by atoms with Crippen LogP contribution in [-0.2, 0) is 14.3 Å². The van der Waals surface area contributed by atoms with E-state index in [1.165, 1.54) is 0 Å². The average molecular weight is 283 g/mol. The van der Waals surface area contributed by atoms with Crippen LogP contribution in [0.3, 0.4) is 0 Å². The summed E-state index contributed by atoms with van der Waals surface area (Å²) < 4.78 is 5.63. The maximum absolute atomic E-state index is 12.5. The first-order valence-corrected chi connectivity index (χ1v) is 7.29. The molecule has 1 aliphatic heterocycles. The molecule has 1 saturated heterocycles. The van der Waals surface area contributed by atoms with Crippen molar-refractivity contribution in [3.63, 3.8) is 0 Å². The van der Waals surface area contributed by atoms with Crippen LogP contribution >= 0.6 is 0 Å². The van der Waals surface area contributed by atoms with E-state index in [0.29, 0.717) is 32.4 Å². The van der Waals surface area contributed by atoms with Crippen LogP contribution in [0, 0.1) is 5.41 Å². The number of nitrogens with two attached hydrogens (primary N) is 1. The summed E-state index contributed by atoms with van der Waals surface area (Å²) in [5.41, 5.74) is 5.03. The molecular weight excluding hydrogens is 258 g/mol. The highest BCUT2D eigenvalue weighted by atomic mass is 16.5. The molecule has 2 aliphatic rings. The number of hydrogen-bond acceptors (Lipinski definition) is 4. The number of hydrogen-bond donors (Lipinski definition) is 3. The Labute approximate surface area is 119 Å². The van der Waals surface area contributed by atoms with E-state index in [4.69, 9.17) is 10.5 Å². The Kier molecular flexibility index (Phi) is 4.07. The number of carbonyl (C=O) groups excluding carboxylic acids is 2. The van der Waals surface area contributed by atoms with Crippen LogP contribution in [0.15, 0.2) is 0 Å². The van der Waals surface area contributed by atoms with Gasteiger partial charge in [-0.05, 0) is 13.3 Å². The van der Waals surface area contributed by atoms with Crippen LogP contribution in [0.2, 0.25) is 0 Å². The summed E-state index contributed by atoms with van der Waals surface area (Å²) in [6.45, 7) is 6.99. The van der Waals surface area contributed by atoms with Crippen LogP contribution in [-0.4, -0.2) is 42.7 Å². The second kappa shape index (κ2) is 5.33. The summed E-state index contributed by atoms with van der Waals surface area (Å²) in [5, 5.41) is 5.72. The van der Waals surface area contributed by atoms with Crippen LogP contribution in [0.25, 0.3) is 0 Å². The normalized spacial score (nSPS) is 35.9. The van der Waals surface area contributed by atoms with Gasteiger partial charge in [0.1, 0.15) is 5.54 Å². The Bertz CT molecular complexity index is 400. The zero-order valence-electron chi connectivity index (χ0n) is 12.5. The van der Waals surface area contributed by atoms with Gasteiger partial charge >= 0.3 is 0 Å². The number of ether oxygens (including phenoxy) is 1. The predicted octanol–water partition coefficient (Wildman–Crippen LogP) is -0.0863. The molecule has 2 rings (SSSR count). The lowest BCUT2D eigenvalue weighted by Gasteiger charge is -2.57. The average Bonchev–Trinajstić information content (AvgIpc) is 2.40. The van der Waals surface area contributed by atoms with E-state index in [0.717, 1.165) is 0 Å². The molecule has 0 bridgehead atoms. The van der Waals surface area contributed by atoms with Gasteiger partial charge in [0, 0.05) is 37.5 Å². The summed E-state index contributed by atoms with van der Waals surface area (Å²) in [5.74, 6) is -0.0991. The summed E-state index contributed by atoms with van der Waals surface area (Å²) in [7, 11) is 0. The highest BCUT2D eigenvalue weighted by Crippen LogP contribution is 2.49. The summed E-state index contributed by atoms with van der Waals surface area (Å²) in [4.78, 5) is 23.6. The fourth-order valence-electron chi connectivity index (χ4n) is 2.99. The van der Waals surface area contributed by atoms with Gasteiger partial charge in [-0.15, -0.1) is 0 Å². The van der Waals surface area contributed by atoms with Crippen molar-refractivity contribution in [2.24, 2.45) is 11.1 Å². The first-order valence-electron chi connectivity index (χ1n) is 7.29. The van der Waals surface area contributed by atoms with Crippen molar-refractivity contribution in [1.29, 1.82) is 0 Å². The molecule has 2 fully saturated rings. The second-order valence-corrected chi connectivity index (χ2v) is 6.35. The molecule has 20 heavy (non-hydrogen) atoms. The number of amides is 2. The molecule has 3 atom stereocenters. The minimum atomic E-state index is -0.895. The molecule has 1 saturated carbocycles. The Hall–Kier alpha value is -1.14. The van der Waals surface area contributed by atoms with Gasteiger partial charge in [-0.25, -0.2) is 0 Å². The third-order valence-electron chi connectivity index (χ3n) is 4.84. The molecule has 2 amide bonds. The zero-order valence-corrected chi connectivity index (χ0v) is 12.5. The van der Waals surface area contributed by atoms with Gasteiger partial charge < -0.3 is 21.1 Å². The molecule has 6 heteroatoms. The molecule has 0 radical (unpaired) electrons. The van der Waals surface area contributed by atoms with E-state index < -0.39 is 5.54 Å². The standard InChI is InChI=1S/C14H25N3O3/c1-4-20-10-7-14(15,13(10,2)3)12(19)17-9-5-6-11(18)16-8-9/h9-10H,4-8,15H2,1-3H3,(H,16,18)(H,17,19). The van der Waals surface area contributed by atoms with Crippen molar-refractivity contribution >= 4 is 11.8 Å². The van der Waals surface area contributed by atoms with Gasteiger partial charge in [-0.1, -0.05) is 13.8 Å². The van der Waals surface area contributed by atoms with Crippen molar-refractivity contribution in [2.45, 2.75) is 57.7 Å². The maximum atomic E-state index is 12.5. The van der Waals surface area contributed by atoms with Gasteiger partial charge in [0.15, 0.2) is 0 Å². The molecule has 0 aromatic heterocycles. The second-order valence-electron chi connectivity index (χ2n) is 6.35. The highest BCUT2D eigenvalue weighted by molar-refractivity contribution is 5.89. The van der Waals surface area contributed by atoms with E-state index in [-0.39, 0.29) is 29.4 Å². The Morgan fingerprint density at radius 1 is 1.55 bits per heavy atom. The van der Waals surface area contributed by atoms with Crippen molar-refractivity contribution in [1.82, 2.24) is 10.6 Å². The van der Waals surface area contributed by atoms with Gasteiger partial charge in [0.05, 0.1) is 6.10 Å². The van der Waals surface area contributed by atoms with Gasteiger partial charge in [-0.3, -0.25) is 9.59 Å². The minimum absolute atomic E-state index is 0.0225. The SMILES string of the molecule is CCOC1CC(N)(C(=O)NC2CCC(=O)NC2)C1(C)C. The van der Waals surface area contributed by atoms with Crippen molar-refractivity contribution in [3.05, 3.63) is 0 Å². The van der Waals surface area contributed by atoms with E-state index in [1.807, 2.05) is 20.8 Å². The molecule has 1 aliphatic carbocycles. The fourth-order valence-corrected chi connectivity index (χ4v) is 2.99. The minimum Gasteiger partial charge on any atom is -0.378 e. The lowest BCUT2D eigenvalue weighted by molar-refractivity contribution is -0.171. The van der Waals surface area contributed by atoms with Gasteiger partial charge in [0.2, 0.25) is 11.8 Å². The molecule has 114 valence electrons. The first-order chi connectivity index (χ1) is 9.31. The van der Waals surface area contributed by atoms with Crippen molar-refractivity contribution in [2.75, 3.05) is 13.2 Å². The third-order valence-corrected chi connectivity index (χ3v) is 4.84. The maximum Gasteiger partial charge on any atom is 0.241 e. The van der Waals surface area contributed by atoms with Crippen LogP contribution in [0.1, 0.15) is 40.0 Å². The van der Waals surface area contributed by atoms with E-state index in [1.54, 1.807) is 0 Å². The number of rotatable bonds is 4. The fraction of sp³-hybridized carbons (Fsp3) is 0.857. The van der Waals surface area contributed by atoms with Crippen LogP contribution in [0.5, 0.6) is 0 Å². The van der Waals surface area contributed by atoms with E-state index in [2.05, 4.69) is 10.6 Å². The largest absolute Gasteiger partial charge is 0.378 e. The summed E-state index contributed by atoms with van der Waals surface area (Å²) in [6.07, 6.45) is 1.68. The molecule has 1 heterocycles. The zero-order chi connectivity index (χ0) is 15.0. The van der Waals surface area contributed by atoms with Gasteiger partial charge in [-0.2, -0.15) is 0 Å². The smallest absolute Gasteiger partial charge is 0.241 e. The molecule has 0 aromatic rings. The topological polar surface area (TPSA) is 93.4 Å². The van der Waals surface area contributed by atoms with E-state index >= 15 is 0 Å². The number of piperidine rings is 1. The van der Waals surface area contributed by atoms with Crippen LogP contribution < -0.4 is 16.4 Å². The molecule has 4 N–H and O–H groups in total. The van der Waals surface area contributed by atoms with Crippen LogP contribution in [0.4, 0.5) is 0 Å². The Morgan fingerprint density at radius 3 is 2.75 bits per heavy atom.